The summed E-state index contributed by atoms with van der Waals surface area (Å²) < 4.78 is 0. The van der Waals surface area contributed by atoms with Crippen LogP contribution in [-0.4, -0.2) is 0 Å². The van der Waals surface area contributed by atoms with Gasteiger partial charge in [0.2, 0.25) is 0 Å². The molecule has 0 heterocycles. The van der Waals surface area contributed by atoms with Crippen molar-refractivity contribution in [3.63, 3.8) is 0 Å². The van der Waals surface area contributed by atoms with Gasteiger partial charge in [-0.05, 0) is 61.8 Å². The molecule has 0 aliphatic heterocycles. The fourth-order valence-electron chi connectivity index (χ4n) is 3.79. The van der Waals surface area contributed by atoms with E-state index in [0.717, 1.165) is 0 Å². The van der Waals surface area contributed by atoms with Crippen LogP contribution in [0.15, 0.2) is 60.7 Å². The summed E-state index contributed by atoms with van der Waals surface area (Å²) >= 11 is 0. The molecule has 0 saturated heterocycles. The average molecular weight is 298 g/mol. The number of fused-ring (bicyclic) bond motifs is 5. The zero-order valence-corrected chi connectivity index (χ0v) is 14.3. The fraction of sp³-hybridized carbons (Fsp3) is 0.217. The summed E-state index contributed by atoms with van der Waals surface area (Å²) in [7, 11) is 0. The zero-order valence-electron chi connectivity index (χ0n) is 14.3. The molecule has 0 unspecified atom stereocenters. The molecule has 0 bridgehead atoms. The highest BCUT2D eigenvalue weighted by Crippen LogP contribution is 2.35. The molecule has 4 aromatic rings. The molecule has 0 amide bonds. The van der Waals surface area contributed by atoms with Gasteiger partial charge in [-0.15, -0.1) is 0 Å². The van der Waals surface area contributed by atoms with Crippen LogP contribution in [0.25, 0.3) is 32.3 Å². The highest BCUT2D eigenvalue weighted by atomic mass is 14.2. The molecule has 4 rings (SSSR count). The maximum atomic E-state index is 2.40. The molecular weight excluding hydrogens is 276 g/mol. The number of rotatable bonds is 0. The second-order valence-corrected chi connectivity index (χ2v) is 7.59. The van der Waals surface area contributed by atoms with Crippen molar-refractivity contribution in [2.24, 2.45) is 0 Å². The Kier molecular flexibility index (Phi) is 2.99. The lowest BCUT2D eigenvalue weighted by Crippen LogP contribution is -2.12. The van der Waals surface area contributed by atoms with E-state index in [9.17, 15) is 0 Å². The third-order valence-electron chi connectivity index (χ3n) is 4.89. The normalized spacial score (nSPS) is 12.3. The summed E-state index contributed by atoms with van der Waals surface area (Å²) in [6.45, 7) is 9.11. The highest BCUT2D eigenvalue weighted by Gasteiger charge is 2.17. The maximum Gasteiger partial charge on any atom is -0.00989 e. The predicted octanol–water partition coefficient (Wildman–Crippen LogP) is 6.75. The van der Waals surface area contributed by atoms with Crippen LogP contribution in [0.3, 0.4) is 0 Å². The van der Waals surface area contributed by atoms with E-state index in [1.165, 1.54) is 43.4 Å². The second-order valence-electron chi connectivity index (χ2n) is 7.59. The molecule has 0 aliphatic carbocycles. The SMILES string of the molecule is Cc1cc2ccc3c4ccccc4ccc3c2cc1C(C)(C)C. The van der Waals surface area contributed by atoms with Crippen molar-refractivity contribution in [3.8, 4) is 0 Å². The molecule has 4 aromatic carbocycles. The third-order valence-corrected chi connectivity index (χ3v) is 4.89. The van der Waals surface area contributed by atoms with Gasteiger partial charge in [-0.1, -0.05) is 75.4 Å². The summed E-state index contributed by atoms with van der Waals surface area (Å²) in [5, 5.41) is 8.04. The van der Waals surface area contributed by atoms with E-state index >= 15 is 0 Å². The minimum Gasteiger partial charge on any atom is -0.0616 e. The first-order valence-electron chi connectivity index (χ1n) is 8.30. The van der Waals surface area contributed by atoms with Gasteiger partial charge in [-0.2, -0.15) is 0 Å². The van der Waals surface area contributed by atoms with Gasteiger partial charge in [0.15, 0.2) is 0 Å². The Morgan fingerprint density at radius 2 is 1.26 bits per heavy atom. The lowest BCUT2D eigenvalue weighted by molar-refractivity contribution is 0.587. The maximum absolute atomic E-state index is 2.40. The average Bonchev–Trinajstić information content (AvgIpc) is 2.52. The van der Waals surface area contributed by atoms with Gasteiger partial charge in [0.1, 0.15) is 0 Å². The largest absolute Gasteiger partial charge is 0.0616 e. The second kappa shape index (κ2) is 4.83. The molecule has 0 N–H and O–H groups in total. The molecule has 0 nitrogen and oxygen atoms in total. The summed E-state index contributed by atoms with van der Waals surface area (Å²) in [6.07, 6.45) is 0. The van der Waals surface area contributed by atoms with Gasteiger partial charge in [0.05, 0.1) is 0 Å². The van der Waals surface area contributed by atoms with Crippen molar-refractivity contribution >= 4 is 32.3 Å². The first-order valence-corrected chi connectivity index (χ1v) is 8.30. The van der Waals surface area contributed by atoms with E-state index in [1.807, 2.05) is 0 Å². The Balaban J connectivity index is 2.17. The quantitative estimate of drug-likeness (QED) is 0.315. The van der Waals surface area contributed by atoms with E-state index < -0.39 is 0 Å². The van der Waals surface area contributed by atoms with Crippen LogP contribution in [0, 0.1) is 6.92 Å². The molecule has 0 heteroatoms. The van der Waals surface area contributed by atoms with Crippen molar-refractivity contribution in [2.45, 2.75) is 33.1 Å². The summed E-state index contributed by atoms with van der Waals surface area (Å²) in [5.74, 6) is 0. The molecule has 0 aliphatic rings. The first kappa shape index (κ1) is 14.3. The number of aryl methyl sites for hydroxylation is 1. The Hall–Kier alpha value is -2.34. The molecule has 0 fully saturated rings. The van der Waals surface area contributed by atoms with Gasteiger partial charge in [0.25, 0.3) is 0 Å². The smallest absolute Gasteiger partial charge is 0.00989 e. The summed E-state index contributed by atoms with van der Waals surface area (Å²) in [4.78, 5) is 0. The van der Waals surface area contributed by atoms with Crippen LogP contribution in [-0.2, 0) is 5.41 Å². The number of hydrogen-bond acceptors (Lipinski definition) is 0. The number of hydrogen-bond donors (Lipinski definition) is 0. The minimum absolute atomic E-state index is 0.164. The van der Waals surface area contributed by atoms with Crippen LogP contribution in [0.4, 0.5) is 0 Å². The van der Waals surface area contributed by atoms with Crippen molar-refractivity contribution in [1.82, 2.24) is 0 Å². The first-order chi connectivity index (χ1) is 10.9. The highest BCUT2D eigenvalue weighted by molar-refractivity contribution is 6.17. The van der Waals surface area contributed by atoms with Gasteiger partial charge >= 0.3 is 0 Å². The Bertz CT molecular complexity index is 1050. The van der Waals surface area contributed by atoms with Crippen LogP contribution < -0.4 is 0 Å². The van der Waals surface area contributed by atoms with Gasteiger partial charge in [-0.25, -0.2) is 0 Å². The van der Waals surface area contributed by atoms with E-state index in [-0.39, 0.29) is 5.41 Å². The van der Waals surface area contributed by atoms with E-state index in [4.69, 9.17) is 0 Å². The van der Waals surface area contributed by atoms with Gasteiger partial charge in [0, 0.05) is 0 Å². The molecular formula is C23H22. The van der Waals surface area contributed by atoms with Crippen LogP contribution in [0.1, 0.15) is 31.9 Å². The standard InChI is InChI=1S/C23H22/c1-15-13-17-10-12-19-18-8-6-5-7-16(18)9-11-20(19)21(17)14-22(15)23(2,3)4/h5-14H,1-4H3. The fourth-order valence-corrected chi connectivity index (χ4v) is 3.79. The van der Waals surface area contributed by atoms with Crippen molar-refractivity contribution in [3.05, 3.63) is 71.8 Å². The molecule has 0 atom stereocenters. The molecule has 114 valence electrons. The summed E-state index contributed by atoms with van der Waals surface area (Å²) in [6, 6.07) is 22.5. The zero-order chi connectivity index (χ0) is 16.2. The molecule has 0 radical (unpaired) electrons. The van der Waals surface area contributed by atoms with Gasteiger partial charge < -0.3 is 0 Å². The van der Waals surface area contributed by atoms with Gasteiger partial charge in [-0.3, -0.25) is 0 Å². The van der Waals surface area contributed by atoms with E-state index in [0.29, 0.717) is 0 Å². The van der Waals surface area contributed by atoms with Crippen molar-refractivity contribution in [1.29, 1.82) is 0 Å². The molecule has 0 saturated carbocycles. The molecule has 0 spiro atoms. The van der Waals surface area contributed by atoms with E-state index in [1.54, 1.807) is 0 Å². The van der Waals surface area contributed by atoms with Crippen molar-refractivity contribution < 1.29 is 0 Å². The lowest BCUT2D eigenvalue weighted by Gasteiger charge is -2.23. The Morgan fingerprint density at radius 1 is 0.609 bits per heavy atom. The topological polar surface area (TPSA) is 0 Å². The van der Waals surface area contributed by atoms with E-state index in [2.05, 4.69) is 88.4 Å². The van der Waals surface area contributed by atoms with Crippen LogP contribution >= 0.6 is 0 Å². The third kappa shape index (κ3) is 2.21. The van der Waals surface area contributed by atoms with Crippen LogP contribution in [0.2, 0.25) is 0 Å². The Labute approximate surface area is 137 Å². The minimum atomic E-state index is 0.164. The molecule has 0 aromatic heterocycles. The molecule has 23 heavy (non-hydrogen) atoms. The van der Waals surface area contributed by atoms with Crippen LogP contribution in [0.5, 0.6) is 0 Å². The lowest BCUT2D eigenvalue weighted by atomic mass is 9.82. The van der Waals surface area contributed by atoms with Crippen molar-refractivity contribution in [2.75, 3.05) is 0 Å². The number of benzene rings is 4. The predicted molar refractivity (Wildman–Crippen MR) is 102 cm³/mol. The summed E-state index contributed by atoms with van der Waals surface area (Å²) in [5.41, 5.74) is 2.98. The Morgan fingerprint density at radius 3 is 2.00 bits per heavy atom. The monoisotopic (exact) mass is 298 g/mol.